The van der Waals surface area contributed by atoms with E-state index in [1.807, 2.05) is 48.3 Å². The molecule has 0 radical (unpaired) electrons. The maximum Gasteiger partial charge on any atom is 0.0936 e. The van der Waals surface area contributed by atoms with Crippen LogP contribution in [0.15, 0.2) is 48.7 Å². The van der Waals surface area contributed by atoms with Gasteiger partial charge in [-0.05, 0) is 25.2 Å². The summed E-state index contributed by atoms with van der Waals surface area (Å²) in [6.07, 6.45) is 1.18. The molecule has 3 N–H and O–H groups in total. The Morgan fingerprint density at radius 2 is 1.95 bits per heavy atom. The fraction of sp³-hybridized carbons (Fsp3) is 0.267. The van der Waals surface area contributed by atoms with Crippen molar-refractivity contribution in [1.82, 2.24) is 9.88 Å². The number of nitrogen functional groups attached to an aromatic ring is 1. The summed E-state index contributed by atoms with van der Waals surface area (Å²) < 4.78 is 0. The maximum absolute atomic E-state index is 10.2. The van der Waals surface area contributed by atoms with E-state index in [1.165, 1.54) is 0 Å². The number of rotatable bonds is 5. The molecule has 19 heavy (non-hydrogen) atoms. The molecule has 4 nitrogen and oxygen atoms in total. The van der Waals surface area contributed by atoms with Crippen molar-refractivity contribution < 1.29 is 5.11 Å². The molecule has 2 aromatic rings. The SMILES string of the molecule is CN(Cc1ccccn1)CC(O)c1ccccc1N. The van der Waals surface area contributed by atoms with Crippen molar-refractivity contribution >= 4 is 5.69 Å². The van der Waals surface area contributed by atoms with Gasteiger partial charge in [0.15, 0.2) is 0 Å². The Balaban J connectivity index is 1.96. The summed E-state index contributed by atoms with van der Waals surface area (Å²) in [6, 6.07) is 13.2. The molecule has 1 unspecified atom stereocenters. The van der Waals surface area contributed by atoms with Crippen LogP contribution in [0.25, 0.3) is 0 Å². The van der Waals surface area contributed by atoms with Gasteiger partial charge in [0.25, 0.3) is 0 Å². The topological polar surface area (TPSA) is 62.4 Å². The number of likely N-dealkylation sites (N-methyl/N-ethyl adjacent to an activating group) is 1. The smallest absolute Gasteiger partial charge is 0.0936 e. The number of hydrogen-bond donors (Lipinski definition) is 2. The molecule has 0 aliphatic rings. The number of nitrogens with two attached hydrogens (primary N) is 1. The Morgan fingerprint density at radius 3 is 2.63 bits per heavy atom. The standard InChI is InChI=1S/C15H19N3O/c1-18(10-12-6-4-5-9-17-12)11-15(19)13-7-2-3-8-14(13)16/h2-9,15,19H,10-11,16H2,1H3. The highest BCUT2D eigenvalue weighted by molar-refractivity contribution is 5.47. The van der Waals surface area contributed by atoms with Crippen molar-refractivity contribution in [1.29, 1.82) is 0 Å². The van der Waals surface area contributed by atoms with E-state index < -0.39 is 6.10 Å². The molecule has 1 heterocycles. The molecule has 4 heteroatoms. The van der Waals surface area contributed by atoms with Crippen LogP contribution in [0, 0.1) is 0 Å². The highest BCUT2D eigenvalue weighted by atomic mass is 16.3. The lowest BCUT2D eigenvalue weighted by Crippen LogP contribution is -2.25. The third kappa shape index (κ3) is 3.77. The molecule has 1 atom stereocenters. The Hall–Kier alpha value is -1.91. The van der Waals surface area contributed by atoms with Gasteiger partial charge >= 0.3 is 0 Å². The molecule has 0 aliphatic heterocycles. The van der Waals surface area contributed by atoms with E-state index in [0.717, 1.165) is 11.3 Å². The van der Waals surface area contributed by atoms with Crippen LogP contribution >= 0.6 is 0 Å². The number of aliphatic hydroxyl groups is 1. The lowest BCUT2D eigenvalue weighted by atomic mass is 10.1. The fourth-order valence-electron chi connectivity index (χ4n) is 2.04. The lowest BCUT2D eigenvalue weighted by molar-refractivity contribution is 0.124. The number of benzene rings is 1. The zero-order valence-electron chi connectivity index (χ0n) is 11.0. The largest absolute Gasteiger partial charge is 0.398 e. The highest BCUT2D eigenvalue weighted by Gasteiger charge is 2.13. The molecule has 1 aromatic carbocycles. The van der Waals surface area contributed by atoms with Crippen molar-refractivity contribution in [3.63, 3.8) is 0 Å². The fourth-order valence-corrected chi connectivity index (χ4v) is 2.04. The average Bonchev–Trinajstić information content (AvgIpc) is 2.40. The molecule has 0 fully saturated rings. The van der Waals surface area contributed by atoms with Crippen LogP contribution in [0.1, 0.15) is 17.4 Å². The summed E-state index contributed by atoms with van der Waals surface area (Å²) >= 11 is 0. The first-order chi connectivity index (χ1) is 9.16. The molecular weight excluding hydrogens is 238 g/mol. The van der Waals surface area contributed by atoms with Gasteiger partial charge in [-0.1, -0.05) is 24.3 Å². The summed E-state index contributed by atoms with van der Waals surface area (Å²) in [5.74, 6) is 0. The molecule has 0 saturated carbocycles. The first kappa shape index (κ1) is 13.5. The van der Waals surface area contributed by atoms with Crippen molar-refractivity contribution in [3.05, 3.63) is 59.9 Å². The average molecular weight is 257 g/mol. The molecule has 1 aromatic heterocycles. The van der Waals surface area contributed by atoms with E-state index in [9.17, 15) is 5.11 Å². The summed E-state index contributed by atoms with van der Waals surface area (Å²) in [5, 5.41) is 10.2. The molecule has 2 rings (SSSR count). The van der Waals surface area contributed by atoms with Gasteiger partial charge in [0.1, 0.15) is 0 Å². The summed E-state index contributed by atoms with van der Waals surface area (Å²) in [6.45, 7) is 1.22. The molecule has 100 valence electrons. The minimum absolute atomic E-state index is 0.519. The second-order valence-electron chi connectivity index (χ2n) is 4.66. The van der Waals surface area contributed by atoms with Gasteiger partial charge in [0.2, 0.25) is 0 Å². The van der Waals surface area contributed by atoms with Crippen molar-refractivity contribution in [2.24, 2.45) is 0 Å². The number of aromatic nitrogens is 1. The van der Waals surface area contributed by atoms with Crippen LogP contribution in [-0.2, 0) is 6.54 Å². The van der Waals surface area contributed by atoms with Crippen molar-refractivity contribution in [2.45, 2.75) is 12.6 Å². The number of aliphatic hydroxyl groups excluding tert-OH is 1. The van der Waals surface area contributed by atoms with E-state index in [2.05, 4.69) is 4.98 Å². The molecule has 0 saturated heterocycles. The van der Waals surface area contributed by atoms with Crippen LogP contribution in [0.4, 0.5) is 5.69 Å². The highest BCUT2D eigenvalue weighted by Crippen LogP contribution is 2.20. The lowest BCUT2D eigenvalue weighted by Gasteiger charge is -2.21. The van der Waals surface area contributed by atoms with E-state index in [1.54, 1.807) is 12.3 Å². The van der Waals surface area contributed by atoms with Gasteiger partial charge in [-0.15, -0.1) is 0 Å². The molecule has 0 spiro atoms. The van der Waals surface area contributed by atoms with E-state index in [4.69, 9.17) is 5.73 Å². The van der Waals surface area contributed by atoms with Crippen molar-refractivity contribution in [3.8, 4) is 0 Å². The third-order valence-corrected chi connectivity index (χ3v) is 3.00. The Bertz CT molecular complexity index is 516. The minimum Gasteiger partial charge on any atom is -0.398 e. The van der Waals surface area contributed by atoms with Gasteiger partial charge in [-0.25, -0.2) is 0 Å². The van der Waals surface area contributed by atoms with Gasteiger partial charge in [0.05, 0.1) is 11.8 Å². The Kier molecular flexibility index (Phi) is 4.49. The first-order valence-corrected chi connectivity index (χ1v) is 6.27. The zero-order chi connectivity index (χ0) is 13.7. The van der Waals surface area contributed by atoms with Crippen LogP contribution in [0.5, 0.6) is 0 Å². The second-order valence-corrected chi connectivity index (χ2v) is 4.66. The van der Waals surface area contributed by atoms with Crippen LogP contribution in [0.2, 0.25) is 0 Å². The summed E-state index contributed by atoms with van der Waals surface area (Å²) in [5.41, 5.74) is 8.24. The van der Waals surface area contributed by atoms with Crippen molar-refractivity contribution in [2.75, 3.05) is 19.3 Å². The Labute approximate surface area is 113 Å². The first-order valence-electron chi connectivity index (χ1n) is 6.27. The summed E-state index contributed by atoms with van der Waals surface area (Å²) in [7, 11) is 1.96. The predicted molar refractivity (Wildman–Crippen MR) is 76.4 cm³/mol. The number of nitrogens with zero attached hydrogens (tertiary/aromatic N) is 2. The van der Waals surface area contributed by atoms with Crippen LogP contribution < -0.4 is 5.73 Å². The Morgan fingerprint density at radius 1 is 1.21 bits per heavy atom. The minimum atomic E-state index is -0.588. The normalized spacial score (nSPS) is 12.6. The molecule has 0 bridgehead atoms. The number of para-hydroxylation sites is 1. The number of hydrogen-bond acceptors (Lipinski definition) is 4. The number of pyridine rings is 1. The van der Waals surface area contributed by atoms with Gasteiger partial charge in [-0.3, -0.25) is 9.88 Å². The predicted octanol–water partition coefficient (Wildman–Crippen LogP) is 1.83. The third-order valence-electron chi connectivity index (χ3n) is 3.00. The molecule has 0 aliphatic carbocycles. The van der Waals surface area contributed by atoms with E-state index >= 15 is 0 Å². The van der Waals surface area contributed by atoms with Gasteiger partial charge in [-0.2, -0.15) is 0 Å². The maximum atomic E-state index is 10.2. The van der Waals surface area contributed by atoms with Gasteiger partial charge < -0.3 is 10.8 Å². The van der Waals surface area contributed by atoms with E-state index in [-0.39, 0.29) is 0 Å². The van der Waals surface area contributed by atoms with Crippen LogP contribution in [0.3, 0.4) is 0 Å². The van der Waals surface area contributed by atoms with E-state index in [0.29, 0.717) is 18.8 Å². The van der Waals surface area contributed by atoms with Gasteiger partial charge in [0, 0.05) is 30.5 Å². The zero-order valence-corrected chi connectivity index (χ0v) is 11.0. The second kappa shape index (κ2) is 6.31. The number of anilines is 1. The monoisotopic (exact) mass is 257 g/mol. The molecule has 0 amide bonds. The molecular formula is C15H19N3O. The quantitative estimate of drug-likeness (QED) is 0.802. The van der Waals surface area contributed by atoms with Crippen LogP contribution in [-0.4, -0.2) is 28.6 Å². The summed E-state index contributed by atoms with van der Waals surface area (Å²) in [4.78, 5) is 6.30.